The number of hydrogen-bond acceptors (Lipinski definition) is 3. The molecule has 94 valence electrons. The lowest BCUT2D eigenvalue weighted by Gasteiger charge is -2.07. The highest BCUT2D eigenvalue weighted by Gasteiger charge is 2.05. The molecule has 1 aromatic rings. The fourth-order valence-electron chi connectivity index (χ4n) is 1.41. The molecule has 0 saturated heterocycles. The zero-order valence-electron chi connectivity index (χ0n) is 10.4. The van der Waals surface area contributed by atoms with Gasteiger partial charge in [0.25, 0.3) is 5.91 Å². The molecule has 0 spiro atoms. The maximum Gasteiger partial charge on any atom is 0.251 e. The molecule has 0 heterocycles. The summed E-state index contributed by atoms with van der Waals surface area (Å²) in [5.74, 6) is 0.639. The Morgan fingerprint density at radius 1 is 1.41 bits per heavy atom. The van der Waals surface area contributed by atoms with Gasteiger partial charge in [-0.1, -0.05) is 6.07 Å². The molecular formula is C13H19NO3. The van der Waals surface area contributed by atoms with Crippen molar-refractivity contribution in [3.8, 4) is 5.75 Å². The number of ether oxygens (including phenoxy) is 2. The molecule has 4 heteroatoms. The van der Waals surface area contributed by atoms with E-state index in [9.17, 15) is 4.79 Å². The van der Waals surface area contributed by atoms with Crippen LogP contribution in [0.5, 0.6) is 5.75 Å². The van der Waals surface area contributed by atoms with Crippen LogP contribution >= 0.6 is 0 Å². The summed E-state index contributed by atoms with van der Waals surface area (Å²) in [5.41, 5.74) is 0.619. The first-order valence-electron chi connectivity index (χ1n) is 5.78. The summed E-state index contributed by atoms with van der Waals surface area (Å²) in [5, 5.41) is 2.83. The van der Waals surface area contributed by atoms with Crippen LogP contribution in [-0.4, -0.2) is 32.8 Å². The smallest absolute Gasteiger partial charge is 0.251 e. The predicted octanol–water partition coefficient (Wildman–Crippen LogP) is 1.85. The highest BCUT2D eigenvalue weighted by molar-refractivity contribution is 5.94. The van der Waals surface area contributed by atoms with Crippen molar-refractivity contribution in [3.05, 3.63) is 29.8 Å². The first kappa shape index (κ1) is 13.5. The number of hydrogen-bond donors (Lipinski definition) is 1. The van der Waals surface area contributed by atoms with Crippen molar-refractivity contribution in [3.63, 3.8) is 0 Å². The standard InChI is InChI=1S/C13H19NO3/c1-3-17-12-7-4-6-11(10-12)13(15)14-8-5-9-16-2/h4,6-7,10H,3,5,8-9H2,1-2H3,(H,14,15). The fourth-order valence-corrected chi connectivity index (χ4v) is 1.41. The quantitative estimate of drug-likeness (QED) is 0.736. The Balaban J connectivity index is 2.47. The van der Waals surface area contributed by atoms with Crippen LogP contribution in [0.15, 0.2) is 24.3 Å². The van der Waals surface area contributed by atoms with Crippen LogP contribution in [0.3, 0.4) is 0 Å². The van der Waals surface area contributed by atoms with E-state index in [1.54, 1.807) is 19.2 Å². The third kappa shape index (κ3) is 4.87. The molecule has 0 saturated carbocycles. The van der Waals surface area contributed by atoms with Gasteiger partial charge in [0.05, 0.1) is 6.61 Å². The van der Waals surface area contributed by atoms with E-state index < -0.39 is 0 Å². The lowest BCUT2D eigenvalue weighted by Crippen LogP contribution is -2.25. The van der Waals surface area contributed by atoms with Gasteiger partial charge < -0.3 is 14.8 Å². The minimum absolute atomic E-state index is 0.0809. The van der Waals surface area contributed by atoms with Gasteiger partial charge in [0.2, 0.25) is 0 Å². The average molecular weight is 237 g/mol. The van der Waals surface area contributed by atoms with Crippen LogP contribution in [0.2, 0.25) is 0 Å². The minimum atomic E-state index is -0.0809. The van der Waals surface area contributed by atoms with Crippen LogP contribution in [-0.2, 0) is 4.74 Å². The van der Waals surface area contributed by atoms with Crippen LogP contribution in [0.1, 0.15) is 23.7 Å². The predicted molar refractivity (Wildman–Crippen MR) is 66.4 cm³/mol. The summed E-state index contributed by atoms with van der Waals surface area (Å²) >= 11 is 0. The normalized spacial score (nSPS) is 10.0. The number of carbonyl (C=O) groups is 1. The van der Waals surface area contributed by atoms with E-state index in [1.807, 2.05) is 19.1 Å². The molecule has 0 atom stereocenters. The molecule has 17 heavy (non-hydrogen) atoms. The molecule has 0 bridgehead atoms. The van der Waals surface area contributed by atoms with Gasteiger partial charge in [-0.25, -0.2) is 0 Å². The number of benzene rings is 1. The molecule has 0 fully saturated rings. The largest absolute Gasteiger partial charge is 0.494 e. The summed E-state index contributed by atoms with van der Waals surface area (Å²) in [7, 11) is 1.65. The Kier molecular flexibility index (Phi) is 6.10. The van der Waals surface area contributed by atoms with Gasteiger partial charge in [0.15, 0.2) is 0 Å². The first-order valence-corrected chi connectivity index (χ1v) is 5.78. The Hall–Kier alpha value is -1.55. The summed E-state index contributed by atoms with van der Waals surface area (Å²) in [4.78, 5) is 11.8. The number of nitrogens with one attached hydrogen (secondary N) is 1. The zero-order valence-corrected chi connectivity index (χ0v) is 10.4. The number of rotatable bonds is 7. The van der Waals surface area contributed by atoms with Gasteiger partial charge in [0, 0.05) is 25.8 Å². The second-order valence-corrected chi connectivity index (χ2v) is 3.56. The van der Waals surface area contributed by atoms with Gasteiger partial charge >= 0.3 is 0 Å². The molecule has 1 amide bonds. The van der Waals surface area contributed by atoms with Crippen molar-refractivity contribution < 1.29 is 14.3 Å². The monoisotopic (exact) mass is 237 g/mol. The first-order chi connectivity index (χ1) is 8.27. The molecule has 0 unspecified atom stereocenters. The van der Waals surface area contributed by atoms with Gasteiger partial charge in [-0.3, -0.25) is 4.79 Å². The number of methoxy groups -OCH3 is 1. The van der Waals surface area contributed by atoms with Gasteiger partial charge in [0.1, 0.15) is 5.75 Å². The lowest BCUT2D eigenvalue weighted by atomic mass is 10.2. The van der Waals surface area contributed by atoms with E-state index in [4.69, 9.17) is 9.47 Å². The van der Waals surface area contributed by atoms with Crippen LogP contribution in [0, 0.1) is 0 Å². The second kappa shape index (κ2) is 7.68. The van der Waals surface area contributed by atoms with E-state index in [-0.39, 0.29) is 5.91 Å². The maximum atomic E-state index is 11.8. The maximum absolute atomic E-state index is 11.8. The molecular weight excluding hydrogens is 218 g/mol. The highest BCUT2D eigenvalue weighted by atomic mass is 16.5. The third-order valence-electron chi connectivity index (χ3n) is 2.22. The summed E-state index contributed by atoms with van der Waals surface area (Å²) in [6.07, 6.45) is 0.813. The van der Waals surface area contributed by atoms with E-state index in [0.717, 1.165) is 12.2 Å². The van der Waals surface area contributed by atoms with E-state index in [2.05, 4.69) is 5.32 Å². The lowest BCUT2D eigenvalue weighted by molar-refractivity contribution is 0.0948. The summed E-state index contributed by atoms with van der Waals surface area (Å²) in [6, 6.07) is 7.17. The highest BCUT2D eigenvalue weighted by Crippen LogP contribution is 2.12. The van der Waals surface area contributed by atoms with Crippen molar-refractivity contribution in [1.82, 2.24) is 5.32 Å². The van der Waals surface area contributed by atoms with Crippen molar-refractivity contribution in [2.75, 3.05) is 26.9 Å². The molecule has 1 N–H and O–H groups in total. The summed E-state index contributed by atoms with van der Waals surface area (Å²) in [6.45, 7) is 3.78. The molecule has 0 aliphatic carbocycles. The topological polar surface area (TPSA) is 47.6 Å². The second-order valence-electron chi connectivity index (χ2n) is 3.56. The van der Waals surface area contributed by atoms with Crippen molar-refractivity contribution in [1.29, 1.82) is 0 Å². The van der Waals surface area contributed by atoms with E-state index in [1.165, 1.54) is 0 Å². The molecule has 0 aliphatic heterocycles. The van der Waals surface area contributed by atoms with Gasteiger partial charge in [-0.05, 0) is 31.5 Å². The van der Waals surface area contributed by atoms with E-state index >= 15 is 0 Å². The van der Waals surface area contributed by atoms with Gasteiger partial charge in [-0.2, -0.15) is 0 Å². The molecule has 4 nitrogen and oxygen atoms in total. The van der Waals surface area contributed by atoms with Crippen molar-refractivity contribution >= 4 is 5.91 Å². The number of carbonyl (C=O) groups excluding carboxylic acids is 1. The fraction of sp³-hybridized carbons (Fsp3) is 0.462. The van der Waals surface area contributed by atoms with Crippen LogP contribution < -0.4 is 10.1 Å². The molecule has 0 aliphatic rings. The van der Waals surface area contributed by atoms with Gasteiger partial charge in [-0.15, -0.1) is 0 Å². The number of amides is 1. The Morgan fingerprint density at radius 2 is 2.24 bits per heavy atom. The minimum Gasteiger partial charge on any atom is -0.494 e. The third-order valence-corrected chi connectivity index (χ3v) is 2.22. The molecule has 1 aromatic carbocycles. The zero-order chi connectivity index (χ0) is 12.5. The molecule has 1 rings (SSSR count). The average Bonchev–Trinajstić information content (AvgIpc) is 2.35. The Bertz CT molecular complexity index is 352. The summed E-state index contributed by atoms with van der Waals surface area (Å²) < 4.78 is 10.2. The molecule has 0 radical (unpaired) electrons. The molecule has 0 aromatic heterocycles. The van der Waals surface area contributed by atoms with Crippen LogP contribution in [0.4, 0.5) is 0 Å². The van der Waals surface area contributed by atoms with Crippen molar-refractivity contribution in [2.45, 2.75) is 13.3 Å². The Labute approximate surface area is 102 Å². The van der Waals surface area contributed by atoms with E-state index in [0.29, 0.717) is 25.3 Å². The SMILES string of the molecule is CCOc1cccc(C(=O)NCCCOC)c1. The van der Waals surface area contributed by atoms with Crippen molar-refractivity contribution in [2.24, 2.45) is 0 Å². The van der Waals surface area contributed by atoms with Crippen LogP contribution in [0.25, 0.3) is 0 Å². The Morgan fingerprint density at radius 3 is 2.94 bits per heavy atom.